The van der Waals surface area contributed by atoms with E-state index in [-0.39, 0.29) is 45.4 Å². The average Bonchev–Trinajstić information content (AvgIpc) is 3.20. The van der Waals surface area contributed by atoms with Gasteiger partial charge in [-0.15, -0.1) is 0 Å². The molecule has 0 fully saturated rings. The standard InChI is InChI=1S/C22H46O10Si2.C10H14O4.C6H16O3Si.CH4/c1-7-28-33(20-25-6,29-8-2)18-14-21(23)26-16-12-13-17-27-22(24)15-19-34(30-9-3,31-10-4)32-11-5;1-3-9(11)13-7-5-6-8-14-10(12)4-2;1-4-7-10(8-5-2)9-6-3;/h7-20H2,1-6H3;3-4H,1-2,5-8H2;10H,4-6H2,1-3H3;1H4. The van der Waals surface area contributed by atoms with E-state index in [4.69, 9.17) is 59.1 Å². The summed E-state index contributed by atoms with van der Waals surface area (Å²) in [7, 11) is -5.56. The third kappa shape index (κ3) is 38.3. The third-order valence-electron chi connectivity index (χ3n) is 6.95. The first-order chi connectivity index (χ1) is 27.9. The fraction of sp³-hybridized carbons (Fsp3) is 0.795. The van der Waals surface area contributed by atoms with Gasteiger partial charge in [0.1, 0.15) is 0 Å². The number of methoxy groups -OCH3 is 1. The minimum Gasteiger partial charge on any atom is -0.466 e. The molecule has 0 aromatic rings. The number of hydrogen-bond donors (Lipinski definition) is 0. The maximum atomic E-state index is 12.1. The van der Waals surface area contributed by atoms with Crippen LogP contribution in [-0.4, -0.2) is 143 Å². The van der Waals surface area contributed by atoms with Crippen molar-refractivity contribution in [2.75, 3.05) is 92.6 Å². The Morgan fingerprint density at radius 2 is 0.847 bits per heavy atom. The number of carbonyl (C=O) groups excluding carboxylic acids is 4. The van der Waals surface area contributed by atoms with Gasteiger partial charge in [-0.25, -0.2) is 9.59 Å². The van der Waals surface area contributed by atoms with Crippen LogP contribution in [0.15, 0.2) is 25.3 Å². The smallest absolute Gasteiger partial charge is 0.466 e. The summed E-state index contributed by atoms with van der Waals surface area (Å²) in [6.45, 7) is 27.4. The number of carbonyl (C=O) groups is 4. The summed E-state index contributed by atoms with van der Waals surface area (Å²) < 4.78 is 69.8. The Morgan fingerprint density at radius 1 is 0.508 bits per heavy atom. The summed E-state index contributed by atoms with van der Waals surface area (Å²) >= 11 is 0. The Morgan fingerprint density at radius 3 is 1.15 bits per heavy atom. The lowest BCUT2D eigenvalue weighted by atomic mass is 10.3. The van der Waals surface area contributed by atoms with E-state index in [0.29, 0.717) is 110 Å². The number of esters is 4. The topological polar surface area (TPSA) is 188 Å². The van der Waals surface area contributed by atoms with E-state index in [2.05, 4.69) is 13.2 Å². The van der Waals surface area contributed by atoms with Crippen LogP contribution in [0.5, 0.6) is 0 Å². The molecule has 0 heterocycles. The molecule has 0 unspecified atom stereocenters. The molecule has 17 nitrogen and oxygen atoms in total. The highest BCUT2D eigenvalue weighted by molar-refractivity contribution is 6.67. The highest BCUT2D eigenvalue weighted by Crippen LogP contribution is 2.19. The fourth-order valence-electron chi connectivity index (χ4n) is 4.58. The van der Waals surface area contributed by atoms with Crippen LogP contribution in [-0.2, 0) is 78.3 Å². The monoisotopic (exact) mass is 904 g/mol. The molecule has 0 aromatic heterocycles. The molecular formula is C39H80O17Si3. The Labute approximate surface area is 359 Å². The number of ether oxygens (including phenoxy) is 5. The van der Waals surface area contributed by atoms with Crippen LogP contribution in [0.25, 0.3) is 0 Å². The van der Waals surface area contributed by atoms with E-state index in [1.807, 2.05) is 55.4 Å². The van der Waals surface area contributed by atoms with Gasteiger partial charge in [0.2, 0.25) is 0 Å². The zero-order valence-electron chi connectivity index (χ0n) is 36.9. The largest absolute Gasteiger partial charge is 0.501 e. The highest BCUT2D eigenvalue weighted by atomic mass is 28.4. The molecule has 0 amide bonds. The Bertz CT molecular complexity index is 920. The summed E-state index contributed by atoms with van der Waals surface area (Å²) in [6.07, 6.45) is 5.50. The van der Waals surface area contributed by atoms with Gasteiger partial charge in [0, 0.05) is 97.0 Å². The summed E-state index contributed by atoms with van der Waals surface area (Å²) in [5, 5.41) is 0. The van der Waals surface area contributed by atoms with E-state index in [1.165, 1.54) is 0 Å². The predicted octanol–water partition coefficient (Wildman–Crippen LogP) is 6.06. The van der Waals surface area contributed by atoms with Crippen molar-refractivity contribution in [1.29, 1.82) is 0 Å². The summed E-state index contributed by atoms with van der Waals surface area (Å²) in [6, 6.07) is 0.866. The molecule has 350 valence electrons. The molecule has 0 atom stereocenters. The number of unbranched alkanes of at least 4 members (excludes halogenated alkanes) is 2. The van der Waals surface area contributed by atoms with Crippen LogP contribution in [0, 0.1) is 0 Å². The maximum Gasteiger partial charge on any atom is 0.501 e. The van der Waals surface area contributed by atoms with Crippen LogP contribution in [0.4, 0.5) is 0 Å². The Kier molecular flexibility index (Phi) is 48.5. The Hall–Kier alpha value is -2.35. The van der Waals surface area contributed by atoms with Gasteiger partial charge in [-0.1, -0.05) is 20.6 Å². The average molecular weight is 905 g/mol. The summed E-state index contributed by atoms with van der Waals surface area (Å²) in [5.74, 6) is -1.49. The van der Waals surface area contributed by atoms with Crippen molar-refractivity contribution in [2.24, 2.45) is 0 Å². The molecule has 0 aliphatic heterocycles. The molecule has 0 N–H and O–H groups in total. The van der Waals surface area contributed by atoms with Gasteiger partial charge in [-0.3, -0.25) is 9.59 Å². The van der Waals surface area contributed by atoms with Crippen molar-refractivity contribution in [3.8, 4) is 0 Å². The molecule has 0 spiro atoms. The van der Waals surface area contributed by atoms with Crippen molar-refractivity contribution < 1.29 is 78.3 Å². The molecule has 59 heavy (non-hydrogen) atoms. The molecule has 0 aliphatic carbocycles. The first-order valence-electron chi connectivity index (χ1n) is 20.3. The molecule has 0 rings (SSSR count). The minimum atomic E-state index is -2.85. The quantitative estimate of drug-likeness (QED) is 0.0232. The van der Waals surface area contributed by atoms with Gasteiger partial charge in [-0.05, 0) is 81.1 Å². The maximum absolute atomic E-state index is 12.1. The first-order valence-corrected chi connectivity index (χ1v) is 25.9. The molecule has 20 heteroatoms. The second-order valence-corrected chi connectivity index (χ2v) is 18.9. The zero-order chi connectivity index (χ0) is 44.3. The van der Waals surface area contributed by atoms with Crippen molar-refractivity contribution in [2.45, 2.75) is 113 Å². The van der Waals surface area contributed by atoms with E-state index in [9.17, 15) is 19.2 Å². The van der Waals surface area contributed by atoms with Gasteiger partial charge in [-0.2, -0.15) is 0 Å². The second-order valence-electron chi connectivity index (χ2n) is 11.4. The summed E-state index contributed by atoms with van der Waals surface area (Å²) in [4.78, 5) is 45.3. The second kappa shape index (κ2) is 45.2. The number of rotatable bonds is 36. The van der Waals surface area contributed by atoms with Crippen LogP contribution >= 0.6 is 0 Å². The van der Waals surface area contributed by atoms with Crippen LogP contribution in [0.2, 0.25) is 12.1 Å². The SMILES string of the molecule is C.C=CC(=O)OCCCCOC(=O)C=C.CCO[SiH](OCC)OCC.CCO[Si](CCC(=O)OCCCCOC(=O)CC[Si](OCC)(OCC)OCC)(COC)OCC. The van der Waals surface area contributed by atoms with Crippen LogP contribution in [0.3, 0.4) is 0 Å². The molecule has 0 aromatic carbocycles. The molecule has 0 radical (unpaired) electrons. The lowest BCUT2D eigenvalue weighted by Gasteiger charge is -2.28. The van der Waals surface area contributed by atoms with Gasteiger partial charge in [0.15, 0.2) is 0 Å². The third-order valence-corrected chi connectivity index (χ3v) is 15.2. The van der Waals surface area contributed by atoms with E-state index in [0.717, 1.165) is 12.2 Å². The molecule has 0 aliphatic rings. The minimum absolute atomic E-state index is 0. The fourth-order valence-corrected chi connectivity index (χ4v) is 11.0. The van der Waals surface area contributed by atoms with Gasteiger partial charge >= 0.3 is 50.8 Å². The van der Waals surface area contributed by atoms with Crippen molar-refractivity contribution in [1.82, 2.24) is 0 Å². The van der Waals surface area contributed by atoms with Crippen LogP contribution in [0.1, 0.15) is 101 Å². The molecule has 0 bridgehead atoms. The highest BCUT2D eigenvalue weighted by Gasteiger charge is 2.41. The lowest BCUT2D eigenvalue weighted by molar-refractivity contribution is -0.146. The first kappa shape index (κ1) is 63.3. The predicted molar refractivity (Wildman–Crippen MR) is 232 cm³/mol. The molecule has 0 saturated heterocycles. The van der Waals surface area contributed by atoms with Crippen LogP contribution < -0.4 is 0 Å². The van der Waals surface area contributed by atoms with E-state index in [1.54, 1.807) is 7.11 Å². The van der Waals surface area contributed by atoms with Crippen molar-refractivity contribution in [3.05, 3.63) is 25.3 Å². The van der Waals surface area contributed by atoms with E-state index >= 15 is 0 Å². The lowest BCUT2D eigenvalue weighted by Crippen LogP contribution is -2.47. The normalized spacial score (nSPS) is 10.9. The molecular weight excluding hydrogens is 825 g/mol. The van der Waals surface area contributed by atoms with Crippen molar-refractivity contribution >= 4 is 50.8 Å². The van der Waals surface area contributed by atoms with E-state index < -0.39 is 38.8 Å². The molecule has 0 saturated carbocycles. The summed E-state index contributed by atoms with van der Waals surface area (Å²) in [5.41, 5.74) is 0. The van der Waals surface area contributed by atoms with Crippen molar-refractivity contribution in [3.63, 3.8) is 0 Å². The van der Waals surface area contributed by atoms with Gasteiger partial charge < -0.3 is 59.1 Å². The Balaban J connectivity index is -0.000000493. The van der Waals surface area contributed by atoms with Gasteiger partial charge in [0.05, 0.1) is 32.7 Å². The zero-order valence-corrected chi connectivity index (χ0v) is 40.1. The number of hydrogen-bond acceptors (Lipinski definition) is 17. The van der Waals surface area contributed by atoms with Gasteiger partial charge in [0.25, 0.3) is 0 Å².